The molecule has 0 radical (unpaired) electrons. The molecule has 0 aromatic heterocycles. The van der Waals surface area contributed by atoms with E-state index >= 15 is 0 Å². The molecular formula is C22H48NO4P. The Morgan fingerprint density at radius 3 is 1.46 bits per heavy atom. The van der Waals surface area contributed by atoms with E-state index in [4.69, 9.17) is 4.89 Å². The van der Waals surface area contributed by atoms with Crippen molar-refractivity contribution >= 4 is 7.82 Å². The van der Waals surface area contributed by atoms with Crippen LogP contribution in [-0.2, 0) is 9.09 Å². The fraction of sp³-hybridized carbons (Fsp3) is 1.00. The van der Waals surface area contributed by atoms with Crippen LogP contribution in [0.2, 0.25) is 0 Å². The van der Waals surface area contributed by atoms with Crippen molar-refractivity contribution in [3.8, 4) is 0 Å². The Kier molecular flexibility index (Phi) is 17.9. The molecule has 1 N–H and O–H groups in total. The normalized spacial score (nSPS) is 14.3. The highest BCUT2D eigenvalue weighted by atomic mass is 31.2. The number of unbranched alkanes of at least 4 members (excludes halogenated alkanes) is 14. The summed E-state index contributed by atoms with van der Waals surface area (Å²) in [5, 5.41) is 0. The molecule has 28 heavy (non-hydrogen) atoms. The fourth-order valence-electron chi connectivity index (χ4n) is 3.67. The van der Waals surface area contributed by atoms with Crippen LogP contribution in [0.3, 0.4) is 0 Å². The first kappa shape index (κ1) is 28.1. The highest BCUT2D eigenvalue weighted by Crippen LogP contribution is 2.30. The molecule has 0 spiro atoms. The van der Waals surface area contributed by atoms with Gasteiger partial charge in [0.05, 0.1) is 33.8 Å². The van der Waals surface area contributed by atoms with E-state index in [-0.39, 0.29) is 6.61 Å². The third-order valence-corrected chi connectivity index (χ3v) is 6.04. The average molecular weight is 422 g/mol. The Labute approximate surface area is 175 Å². The van der Waals surface area contributed by atoms with Crippen LogP contribution in [0, 0.1) is 0 Å². The van der Waals surface area contributed by atoms with Crippen LogP contribution in [0.15, 0.2) is 0 Å². The molecule has 0 bridgehead atoms. The number of hydrogen-bond donors (Lipinski definition) is 1. The molecule has 0 aliphatic rings. The van der Waals surface area contributed by atoms with Gasteiger partial charge in [0.15, 0.2) is 0 Å². The van der Waals surface area contributed by atoms with Crippen molar-refractivity contribution in [1.82, 2.24) is 0 Å². The molecule has 0 aliphatic heterocycles. The third kappa shape index (κ3) is 22.4. The van der Waals surface area contributed by atoms with Gasteiger partial charge in [-0.15, -0.1) is 0 Å². The molecule has 0 aromatic rings. The van der Waals surface area contributed by atoms with Crippen LogP contribution >= 0.6 is 7.82 Å². The van der Waals surface area contributed by atoms with Gasteiger partial charge < -0.3 is 18.8 Å². The maximum atomic E-state index is 10.5. The number of hydrogen-bond acceptors (Lipinski definition) is 3. The van der Waals surface area contributed by atoms with E-state index in [0.717, 1.165) is 17.4 Å². The van der Waals surface area contributed by atoms with Crippen molar-refractivity contribution in [2.24, 2.45) is 0 Å². The second-order valence-corrected chi connectivity index (χ2v) is 10.2. The predicted molar refractivity (Wildman–Crippen MR) is 117 cm³/mol. The van der Waals surface area contributed by atoms with Crippen LogP contribution in [0.4, 0.5) is 0 Å². The fourth-order valence-corrected chi connectivity index (χ4v) is 4.03. The third-order valence-electron chi connectivity index (χ3n) is 5.53. The molecule has 1 atom stereocenters. The summed E-state index contributed by atoms with van der Waals surface area (Å²) in [5.74, 6) is 0. The summed E-state index contributed by atoms with van der Waals surface area (Å²) in [7, 11) is -0.0873. The summed E-state index contributed by atoms with van der Waals surface area (Å²) in [6.07, 6.45) is 21.0. The molecule has 170 valence electrons. The van der Waals surface area contributed by atoms with E-state index in [0.29, 0.717) is 6.42 Å². The summed E-state index contributed by atoms with van der Waals surface area (Å²) in [6.45, 7) is 4.53. The van der Waals surface area contributed by atoms with Gasteiger partial charge in [-0.25, -0.2) is 0 Å². The molecule has 0 aromatic carbocycles. The van der Waals surface area contributed by atoms with Gasteiger partial charge >= 0.3 is 0 Å². The van der Waals surface area contributed by atoms with Crippen molar-refractivity contribution in [1.29, 1.82) is 0 Å². The molecule has 0 aliphatic carbocycles. The lowest BCUT2D eigenvalue weighted by Crippen LogP contribution is -2.41. The zero-order chi connectivity index (χ0) is 21.1. The minimum Gasteiger partial charge on any atom is -0.756 e. The van der Waals surface area contributed by atoms with Crippen molar-refractivity contribution in [2.45, 2.75) is 110 Å². The Morgan fingerprint density at radius 1 is 0.714 bits per heavy atom. The van der Waals surface area contributed by atoms with Gasteiger partial charge in [-0.1, -0.05) is 84.0 Å². The van der Waals surface area contributed by atoms with Crippen molar-refractivity contribution in [3.63, 3.8) is 0 Å². The Morgan fingerprint density at radius 2 is 1.07 bits per heavy atom. The van der Waals surface area contributed by atoms with Gasteiger partial charge in [0.2, 0.25) is 0 Å². The number of rotatable bonds is 21. The second-order valence-electron chi connectivity index (χ2n) is 8.99. The number of nitrogens with zero attached hydrogens (tertiary/aromatic N) is 1. The number of phosphoric acid groups is 1. The maximum absolute atomic E-state index is 10.5. The van der Waals surface area contributed by atoms with Crippen molar-refractivity contribution < 1.29 is 23.4 Å². The van der Waals surface area contributed by atoms with Crippen LogP contribution in [0.25, 0.3) is 0 Å². The maximum Gasteiger partial charge on any atom is 0.265 e. The van der Waals surface area contributed by atoms with Gasteiger partial charge in [-0.2, -0.15) is 0 Å². The van der Waals surface area contributed by atoms with Gasteiger partial charge in [0, 0.05) is 0 Å². The van der Waals surface area contributed by atoms with Gasteiger partial charge in [0.25, 0.3) is 7.82 Å². The lowest BCUT2D eigenvalue weighted by atomic mass is 10.0. The van der Waals surface area contributed by atoms with Crippen LogP contribution in [-0.4, -0.2) is 43.2 Å². The first-order valence-corrected chi connectivity index (χ1v) is 13.3. The summed E-state index contributed by atoms with van der Waals surface area (Å²) in [6, 6.07) is 0. The topological polar surface area (TPSA) is 69.6 Å². The number of quaternary nitrogens is 1. The van der Waals surface area contributed by atoms with E-state index < -0.39 is 7.82 Å². The highest BCUT2D eigenvalue weighted by Gasteiger charge is 2.14. The largest absolute Gasteiger partial charge is 0.756 e. The molecule has 0 rings (SSSR count). The Hall–Kier alpha value is 0.0700. The Balaban J connectivity index is 3.34. The van der Waals surface area contributed by atoms with E-state index in [1.807, 2.05) is 0 Å². The second kappa shape index (κ2) is 17.9. The van der Waals surface area contributed by atoms with E-state index in [1.165, 1.54) is 96.4 Å². The molecule has 6 heteroatoms. The van der Waals surface area contributed by atoms with E-state index in [1.54, 1.807) is 0 Å². The quantitative estimate of drug-likeness (QED) is 0.144. The molecule has 1 unspecified atom stereocenters. The minimum atomic E-state index is -4.55. The van der Waals surface area contributed by atoms with E-state index in [9.17, 15) is 9.46 Å². The lowest BCUT2D eigenvalue weighted by Gasteiger charge is -2.30. The molecule has 5 nitrogen and oxygen atoms in total. The molecule has 0 fully saturated rings. The SMILES string of the molecule is CCCCCCCCCCCCCCCC[N+](C)(C)CCCCOP(=O)([O-])O. The summed E-state index contributed by atoms with van der Waals surface area (Å²) >= 11 is 0. The zero-order valence-electron chi connectivity index (χ0n) is 19.0. The molecular weight excluding hydrogens is 373 g/mol. The monoisotopic (exact) mass is 421 g/mol. The van der Waals surface area contributed by atoms with Crippen LogP contribution in [0.1, 0.15) is 110 Å². The van der Waals surface area contributed by atoms with Crippen LogP contribution < -0.4 is 4.89 Å². The first-order valence-electron chi connectivity index (χ1n) is 11.8. The molecule has 0 heterocycles. The Bertz CT molecular complexity index is 385. The van der Waals surface area contributed by atoms with E-state index in [2.05, 4.69) is 25.5 Å². The summed E-state index contributed by atoms with van der Waals surface area (Å²) < 4.78 is 15.9. The molecule has 0 saturated heterocycles. The molecule has 0 amide bonds. The minimum absolute atomic E-state index is 0.0795. The number of phosphoric ester groups is 1. The predicted octanol–water partition coefficient (Wildman–Crippen LogP) is 5.80. The zero-order valence-corrected chi connectivity index (χ0v) is 19.9. The smallest absolute Gasteiger partial charge is 0.265 e. The van der Waals surface area contributed by atoms with Gasteiger partial charge in [-0.05, 0) is 25.7 Å². The summed E-state index contributed by atoms with van der Waals surface area (Å²) in [4.78, 5) is 19.1. The van der Waals surface area contributed by atoms with Crippen LogP contribution in [0.5, 0.6) is 0 Å². The van der Waals surface area contributed by atoms with Gasteiger partial charge in [-0.3, -0.25) is 4.57 Å². The lowest BCUT2D eigenvalue weighted by molar-refractivity contribution is -0.890. The van der Waals surface area contributed by atoms with Crippen molar-refractivity contribution in [3.05, 3.63) is 0 Å². The van der Waals surface area contributed by atoms with Gasteiger partial charge in [0.1, 0.15) is 0 Å². The van der Waals surface area contributed by atoms with Crippen molar-refractivity contribution in [2.75, 3.05) is 33.8 Å². The first-order chi connectivity index (χ1) is 13.3. The standard InChI is InChI=1S/C22H48NO4P/c1-4-5-6-7-8-9-10-11-12-13-14-15-16-17-20-23(2,3)21-18-19-22-27-28(24,25)26/h4-22H2,1-3H3,(H-,24,25,26). The summed E-state index contributed by atoms with van der Waals surface area (Å²) in [5.41, 5.74) is 0. The average Bonchev–Trinajstić information content (AvgIpc) is 2.60. The molecule has 0 saturated carbocycles. The highest BCUT2D eigenvalue weighted by molar-refractivity contribution is 7.44.